The van der Waals surface area contributed by atoms with E-state index < -0.39 is 6.04 Å². The number of nitrogens with two attached hydrogens (primary N) is 1. The fourth-order valence-electron chi connectivity index (χ4n) is 3.96. The van der Waals surface area contributed by atoms with E-state index in [-0.39, 0.29) is 24.3 Å². The summed E-state index contributed by atoms with van der Waals surface area (Å²) < 4.78 is 0. The number of fused-ring (bicyclic) bond motifs is 1. The zero-order chi connectivity index (χ0) is 22.8. The first-order chi connectivity index (χ1) is 15.3. The van der Waals surface area contributed by atoms with Crippen molar-refractivity contribution in [3.63, 3.8) is 0 Å². The van der Waals surface area contributed by atoms with Gasteiger partial charge in [0.05, 0.1) is 0 Å². The lowest BCUT2D eigenvalue weighted by molar-refractivity contribution is -0.125. The van der Waals surface area contributed by atoms with Gasteiger partial charge >= 0.3 is 0 Å². The molecule has 0 aliphatic carbocycles. The number of carbonyl (C=O) groups excluding carboxylic acids is 2. The molecule has 3 aromatic rings. The molecule has 8 heteroatoms. The minimum Gasteiger partial charge on any atom is -0.383 e. The second-order valence-corrected chi connectivity index (χ2v) is 8.38. The topological polar surface area (TPSA) is 101 Å². The van der Waals surface area contributed by atoms with Crippen molar-refractivity contribution in [2.45, 2.75) is 32.4 Å². The van der Waals surface area contributed by atoms with Gasteiger partial charge in [-0.15, -0.1) is 0 Å². The molecule has 2 amide bonds. The monoisotopic (exact) mass is 449 g/mol. The first-order valence-electron chi connectivity index (χ1n) is 10.4. The van der Waals surface area contributed by atoms with E-state index in [1.54, 1.807) is 24.1 Å². The van der Waals surface area contributed by atoms with Gasteiger partial charge in [0.25, 0.3) is 5.91 Å². The minimum absolute atomic E-state index is 0.0157. The van der Waals surface area contributed by atoms with Crippen LogP contribution in [0.2, 0.25) is 5.02 Å². The second-order valence-electron chi connectivity index (χ2n) is 7.95. The number of hydrogen-bond donors (Lipinski definition) is 2. The molecule has 0 saturated heterocycles. The van der Waals surface area contributed by atoms with E-state index in [9.17, 15) is 9.59 Å². The molecule has 0 spiro atoms. The van der Waals surface area contributed by atoms with E-state index >= 15 is 0 Å². The highest BCUT2D eigenvalue weighted by Crippen LogP contribution is 2.35. The van der Waals surface area contributed by atoms with Crippen molar-refractivity contribution in [3.8, 4) is 0 Å². The zero-order valence-corrected chi connectivity index (χ0v) is 18.6. The maximum absolute atomic E-state index is 13.3. The third-order valence-electron chi connectivity index (χ3n) is 5.69. The van der Waals surface area contributed by atoms with Crippen LogP contribution in [0.25, 0.3) is 0 Å². The number of rotatable bonds is 6. The molecule has 0 saturated carbocycles. The fourth-order valence-corrected chi connectivity index (χ4v) is 4.09. The number of nitrogens with one attached hydrogen (secondary N) is 1. The first kappa shape index (κ1) is 21.8. The molecule has 0 radical (unpaired) electrons. The largest absolute Gasteiger partial charge is 0.383 e. The van der Waals surface area contributed by atoms with Crippen molar-refractivity contribution in [2.75, 3.05) is 12.3 Å². The Morgan fingerprint density at radius 1 is 1.22 bits per heavy atom. The van der Waals surface area contributed by atoms with E-state index in [2.05, 4.69) is 15.3 Å². The van der Waals surface area contributed by atoms with Crippen LogP contribution >= 0.6 is 11.6 Å². The van der Waals surface area contributed by atoms with Gasteiger partial charge in [0.2, 0.25) is 5.91 Å². The number of nitrogen functional groups attached to an aromatic ring is 1. The molecule has 3 N–H and O–H groups in total. The summed E-state index contributed by atoms with van der Waals surface area (Å²) in [6.07, 6.45) is 1.60. The predicted octanol–water partition coefficient (Wildman–Crippen LogP) is 3.64. The Labute approximate surface area is 191 Å². The number of nitrogens with zero attached hydrogens (tertiary/aromatic N) is 3. The lowest BCUT2D eigenvalue weighted by Crippen LogP contribution is -2.40. The van der Waals surface area contributed by atoms with Crippen LogP contribution in [0.4, 0.5) is 5.82 Å². The number of aromatic nitrogens is 2. The van der Waals surface area contributed by atoms with Crippen LogP contribution in [0.1, 0.15) is 51.8 Å². The molecule has 0 fully saturated rings. The molecular weight excluding hydrogens is 426 g/mol. The van der Waals surface area contributed by atoms with Crippen LogP contribution in [0.5, 0.6) is 0 Å². The Morgan fingerprint density at radius 3 is 2.66 bits per heavy atom. The van der Waals surface area contributed by atoms with Crippen molar-refractivity contribution in [2.24, 2.45) is 0 Å². The molecule has 2 atom stereocenters. The Hall–Kier alpha value is -3.45. The van der Waals surface area contributed by atoms with Crippen LogP contribution in [0, 0.1) is 6.92 Å². The van der Waals surface area contributed by atoms with Gasteiger partial charge in [0.1, 0.15) is 17.7 Å². The van der Waals surface area contributed by atoms with Gasteiger partial charge in [-0.25, -0.2) is 9.97 Å². The highest BCUT2D eigenvalue weighted by Gasteiger charge is 2.41. The number of benzene rings is 2. The Morgan fingerprint density at radius 2 is 1.94 bits per heavy atom. The Bertz CT molecular complexity index is 1170. The van der Waals surface area contributed by atoms with Gasteiger partial charge in [-0.2, -0.15) is 0 Å². The molecule has 2 heterocycles. The number of anilines is 1. The summed E-state index contributed by atoms with van der Waals surface area (Å²) in [5.74, 6) is 0.484. The molecule has 1 aliphatic heterocycles. The van der Waals surface area contributed by atoms with Gasteiger partial charge in [0.15, 0.2) is 0 Å². The number of aryl methyl sites for hydroxylation is 1. The normalized spacial score (nSPS) is 16.0. The summed E-state index contributed by atoms with van der Waals surface area (Å²) in [7, 11) is 0. The smallest absolute Gasteiger partial charge is 0.255 e. The molecule has 1 aliphatic rings. The highest BCUT2D eigenvalue weighted by molar-refractivity contribution is 6.30. The third kappa shape index (κ3) is 4.29. The zero-order valence-electron chi connectivity index (χ0n) is 17.9. The van der Waals surface area contributed by atoms with Crippen LogP contribution in [0.15, 0.2) is 54.7 Å². The molecule has 2 aromatic carbocycles. The lowest BCUT2D eigenvalue weighted by atomic mass is 9.99. The van der Waals surface area contributed by atoms with Gasteiger partial charge in [0, 0.05) is 35.4 Å². The highest BCUT2D eigenvalue weighted by atomic mass is 35.5. The average Bonchev–Trinajstić information content (AvgIpc) is 3.05. The molecule has 4 rings (SSSR count). The van der Waals surface area contributed by atoms with E-state index in [1.807, 2.05) is 49.4 Å². The summed E-state index contributed by atoms with van der Waals surface area (Å²) in [6, 6.07) is 14.0. The van der Waals surface area contributed by atoms with Gasteiger partial charge in [-0.05, 0) is 42.2 Å². The van der Waals surface area contributed by atoms with Crippen LogP contribution in [0.3, 0.4) is 0 Å². The van der Waals surface area contributed by atoms with Crippen molar-refractivity contribution in [1.82, 2.24) is 20.2 Å². The summed E-state index contributed by atoms with van der Waals surface area (Å²) in [4.78, 5) is 36.4. The minimum atomic E-state index is -0.721. The number of hydrogen-bond acceptors (Lipinski definition) is 5. The number of amides is 2. The lowest BCUT2D eigenvalue weighted by Gasteiger charge is -2.27. The summed E-state index contributed by atoms with van der Waals surface area (Å²) in [5, 5.41) is 3.56. The maximum Gasteiger partial charge on any atom is 0.255 e. The fraction of sp³-hybridized carbons (Fsp3) is 0.250. The van der Waals surface area contributed by atoms with Gasteiger partial charge in [-0.3, -0.25) is 9.59 Å². The predicted molar refractivity (Wildman–Crippen MR) is 123 cm³/mol. The van der Waals surface area contributed by atoms with Gasteiger partial charge < -0.3 is 16.0 Å². The SMILES string of the molecule is Cc1ncc(CNC(=O)C2c3ccccc3C(=O)N2CC(C)c2ccc(Cl)cc2)c(N)n1. The second kappa shape index (κ2) is 8.96. The van der Waals surface area contributed by atoms with Crippen molar-refractivity contribution >= 4 is 29.2 Å². The summed E-state index contributed by atoms with van der Waals surface area (Å²) in [6.45, 7) is 4.35. The van der Waals surface area contributed by atoms with Crippen molar-refractivity contribution in [3.05, 3.63) is 87.8 Å². The van der Waals surface area contributed by atoms with Crippen LogP contribution in [-0.2, 0) is 11.3 Å². The average molecular weight is 450 g/mol. The van der Waals surface area contributed by atoms with E-state index in [1.165, 1.54) is 0 Å². The summed E-state index contributed by atoms with van der Waals surface area (Å²) in [5.41, 5.74) is 8.87. The molecule has 2 unspecified atom stereocenters. The molecule has 0 bridgehead atoms. The van der Waals surface area contributed by atoms with E-state index in [0.29, 0.717) is 39.9 Å². The molecule has 32 heavy (non-hydrogen) atoms. The standard InChI is InChI=1S/C24H24ClN5O2/c1-14(16-7-9-18(25)10-8-16)13-30-21(19-5-3-4-6-20(19)24(30)32)23(31)28-12-17-11-27-15(2)29-22(17)26/h3-11,14,21H,12-13H2,1-2H3,(H,28,31)(H2,26,27,29). The third-order valence-corrected chi connectivity index (χ3v) is 5.94. The van der Waals surface area contributed by atoms with E-state index in [0.717, 1.165) is 5.56 Å². The van der Waals surface area contributed by atoms with Gasteiger partial charge in [-0.1, -0.05) is 48.9 Å². The molecular formula is C24H24ClN5O2. The van der Waals surface area contributed by atoms with Crippen molar-refractivity contribution in [1.29, 1.82) is 0 Å². The summed E-state index contributed by atoms with van der Waals surface area (Å²) >= 11 is 6.01. The number of carbonyl (C=O) groups is 2. The Kier molecular flexibility index (Phi) is 6.10. The van der Waals surface area contributed by atoms with Crippen LogP contribution < -0.4 is 11.1 Å². The van der Waals surface area contributed by atoms with Crippen LogP contribution in [-0.4, -0.2) is 33.2 Å². The van der Waals surface area contributed by atoms with Crippen molar-refractivity contribution < 1.29 is 9.59 Å². The van der Waals surface area contributed by atoms with E-state index in [4.69, 9.17) is 17.3 Å². The molecule has 7 nitrogen and oxygen atoms in total. The molecule has 1 aromatic heterocycles. The maximum atomic E-state index is 13.3. The number of halogens is 1. The Balaban J connectivity index is 1.57. The first-order valence-corrected chi connectivity index (χ1v) is 10.7. The molecule has 164 valence electrons. The quantitative estimate of drug-likeness (QED) is 0.598.